The van der Waals surface area contributed by atoms with Crippen molar-refractivity contribution in [2.45, 2.75) is 19.3 Å². The van der Waals surface area contributed by atoms with Gasteiger partial charge >= 0.3 is 0 Å². The van der Waals surface area contributed by atoms with Gasteiger partial charge in [0.25, 0.3) is 0 Å². The number of aromatic nitrogens is 2. The fourth-order valence-electron chi connectivity index (χ4n) is 3.46. The molecule has 0 bridgehead atoms. The van der Waals surface area contributed by atoms with Crippen LogP contribution in [0.25, 0.3) is 0 Å². The van der Waals surface area contributed by atoms with Crippen molar-refractivity contribution in [1.29, 1.82) is 5.26 Å². The summed E-state index contributed by atoms with van der Waals surface area (Å²) in [7, 11) is 0. The fourth-order valence-corrected chi connectivity index (χ4v) is 3.80. The number of nitriles is 1. The van der Waals surface area contributed by atoms with Crippen molar-refractivity contribution < 1.29 is 9.53 Å². The number of rotatable bonds is 0. The smallest absolute Gasteiger partial charge is 0.245 e. The van der Waals surface area contributed by atoms with E-state index < -0.39 is 5.41 Å². The first-order valence-corrected chi connectivity index (χ1v) is 7.96. The van der Waals surface area contributed by atoms with Crippen LogP contribution in [0, 0.1) is 25.2 Å². The number of ether oxygens (including phenoxy) is 1. The summed E-state index contributed by atoms with van der Waals surface area (Å²) in [4.78, 5) is 13.1. The van der Waals surface area contributed by atoms with E-state index in [9.17, 15) is 10.1 Å². The van der Waals surface area contributed by atoms with Gasteiger partial charge in [0.2, 0.25) is 17.7 Å². The van der Waals surface area contributed by atoms with Gasteiger partial charge in [-0.2, -0.15) is 5.26 Å². The second kappa shape index (κ2) is 4.61. The topological polar surface area (TPSA) is 117 Å². The summed E-state index contributed by atoms with van der Waals surface area (Å²) in [6.07, 6.45) is 0. The van der Waals surface area contributed by atoms with Crippen LogP contribution in [0.1, 0.15) is 22.4 Å². The largest absolute Gasteiger partial charge is 0.420 e. The highest BCUT2D eigenvalue weighted by atomic mass is 79.9. The van der Waals surface area contributed by atoms with Crippen LogP contribution in [0.3, 0.4) is 0 Å². The number of halogens is 1. The molecule has 1 amide bonds. The van der Waals surface area contributed by atoms with Gasteiger partial charge in [-0.15, -0.1) is 5.10 Å². The van der Waals surface area contributed by atoms with Gasteiger partial charge in [-0.05, 0) is 25.5 Å². The highest BCUT2D eigenvalue weighted by Crippen LogP contribution is 2.54. The van der Waals surface area contributed by atoms with Crippen molar-refractivity contribution >= 4 is 27.5 Å². The highest BCUT2D eigenvalue weighted by Gasteiger charge is 2.58. The first-order valence-electron chi connectivity index (χ1n) is 7.17. The molecule has 4 rings (SSSR count). The van der Waals surface area contributed by atoms with Gasteiger partial charge in [-0.25, -0.2) is 0 Å². The molecular weight excluding hydrogens is 374 g/mol. The van der Waals surface area contributed by atoms with Crippen LogP contribution in [0.4, 0.5) is 5.69 Å². The Balaban J connectivity index is 2.18. The Morgan fingerprint density at radius 2 is 2.17 bits per heavy atom. The number of carbonyl (C=O) groups is 1. The number of H-pyrrole nitrogens is 1. The standard InChI is InChI=1S/C16H12BrN5O2/c1-6-3-8-11(4-10(6)17)20-15(23)16(8)9(5-18)13(19)24-14-12(16)7(2)21-22-14/h3-4H,19H2,1-2H3,(H,20,23)(H,21,22)/t16-/m1/s1. The molecule has 4 N–H and O–H groups in total. The van der Waals surface area contributed by atoms with E-state index >= 15 is 0 Å². The van der Waals surface area contributed by atoms with E-state index in [4.69, 9.17) is 10.5 Å². The van der Waals surface area contributed by atoms with E-state index in [0.717, 1.165) is 10.0 Å². The molecule has 0 unspecified atom stereocenters. The third-order valence-electron chi connectivity index (χ3n) is 4.52. The van der Waals surface area contributed by atoms with E-state index in [1.54, 1.807) is 6.92 Å². The van der Waals surface area contributed by atoms with Crippen molar-refractivity contribution in [3.63, 3.8) is 0 Å². The second-order valence-electron chi connectivity index (χ2n) is 5.83. The van der Waals surface area contributed by atoms with Crippen LogP contribution < -0.4 is 15.8 Å². The number of nitrogens with two attached hydrogens (primary N) is 1. The second-order valence-corrected chi connectivity index (χ2v) is 6.69. The molecule has 2 aromatic rings. The predicted molar refractivity (Wildman–Crippen MR) is 89.1 cm³/mol. The molecule has 0 saturated heterocycles. The Morgan fingerprint density at radius 3 is 2.88 bits per heavy atom. The number of hydrogen-bond acceptors (Lipinski definition) is 5. The van der Waals surface area contributed by atoms with E-state index in [-0.39, 0.29) is 23.2 Å². The Kier molecular flexibility index (Phi) is 2.84. The summed E-state index contributed by atoms with van der Waals surface area (Å²) < 4.78 is 6.33. The van der Waals surface area contributed by atoms with Crippen molar-refractivity contribution in [3.8, 4) is 11.9 Å². The molecule has 0 radical (unpaired) electrons. The van der Waals surface area contributed by atoms with Crippen molar-refractivity contribution in [2.75, 3.05) is 5.32 Å². The molecule has 7 nitrogen and oxygen atoms in total. The first-order chi connectivity index (χ1) is 11.4. The number of aryl methyl sites for hydroxylation is 2. The van der Waals surface area contributed by atoms with Crippen molar-refractivity contribution in [2.24, 2.45) is 5.73 Å². The molecule has 8 heteroatoms. The normalized spacial score (nSPS) is 21.2. The Bertz CT molecular complexity index is 1000. The average Bonchev–Trinajstić information content (AvgIpc) is 3.01. The SMILES string of the molecule is Cc1cc2c(cc1Br)NC(=O)[C@@]21C(C#N)=C(N)Oc2n[nH]c(C)c21. The molecule has 0 saturated carbocycles. The average molecular weight is 386 g/mol. The van der Waals surface area contributed by atoms with Gasteiger partial charge in [0, 0.05) is 21.4 Å². The molecule has 1 aromatic heterocycles. The molecule has 2 aliphatic heterocycles. The Morgan fingerprint density at radius 1 is 1.42 bits per heavy atom. The van der Waals surface area contributed by atoms with Gasteiger partial charge < -0.3 is 15.8 Å². The summed E-state index contributed by atoms with van der Waals surface area (Å²) in [6.45, 7) is 3.70. The van der Waals surface area contributed by atoms with Crippen LogP contribution in [0.2, 0.25) is 0 Å². The molecule has 0 aliphatic carbocycles. The minimum atomic E-state index is -1.36. The molecular formula is C16H12BrN5O2. The van der Waals surface area contributed by atoms with E-state index in [2.05, 4.69) is 37.5 Å². The molecule has 3 heterocycles. The lowest BCUT2D eigenvalue weighted by Gasteiger charge is -2.31. The minimum absolute atomic E-state index is 0.0671. The number of amides is 1. The zero-order valence-corrected chi connectivity index (χ0v) is 14.4. The van der Waals surface area contributed by atoms with Crippen molar-refractivity contribution in [3.05, 3.63) is 50.4 Å². The van der Waals surface area contributed by atoms with Crippen LogP contribution >= 0.6 is 15.9 Å². The van der Waals surface area contributed by atoms with Gasteiger partial charge in [0.15, 0.2) is 0 Å². The van der Waals surface area contributed by atoms with E-state index in [1.807, 2.05) is 19.1 Å². The third kappa shape index (κ3) is 1.55. The molecule has 24 heavy (non-hydrogen) atoms. The molecule has 1 spiro atoms. The summed E-state index contributed by atoms with van der Waals surface area (Å²) in [5.41, 5.74) is 8.06. The lowest BCUT2D eigenvalue weighted by Crippen LogP contribution is -2.42. The Labute approximate surface area is 145 Å². The lowest BCUT2D eigenvalue weighted by molar-refractivity contribution is -0.118. The van der Waals surface area contributed by atoms with Crippen LogP contribution in [0.15, 0.2) is 28.1 Å². The zero-order chi connectivity index (χ0) is 17.2. The highest BCUT2D eigenvalue weighted by molar-refractivity contribution is 9.10. The lowest BCUT2D eigenvalue weighted by atomic mass is 9.69. The predicted octanol–water partition coefficient (Wildman–Crippen LogP) is 2.11. The maximum Gasteiger partial charge on any atom is 0.245 e. The number of benzene rings is 1. The van der Waals surface area contributed by atoms with Gasteiger partial charge in [-0.1, -0.05) is 22.0 Å². The van der Waals surface area contributed by atoms with Gasteiger partial charge in [0.1, 0.15) is 17.1 Å². The number of aromatic amines is 1. The van der Waals surface area contributed by atoms with Crippen LogP contribution in [-0.2, 0) is 10.2 Å². The quantitative estimate of drug-likeness (QED) is 0.641. The van der Waals surface area contributed by atoms with Gasteiger partial charge in [0.05, 0.1) is 5.56 Å². The van der Waals surface area contributed by atoms with E-state index in [1.165, 1.54) is 0 Å². The molecule has 2 aliphatic rings. The zero-order valence-electron chi connectivity index (χ0n) is 12.8. The number of fused-ring (bicyclic) bond motifs is 4. The van der Waals surface area contributed by atoms with Crippen LogP contribution in [0.5, 0.6) is 5.88 Å². The molecule has 1 aromatic carbocycles. The maximum atomic E-state index is 13.1. The summed E-state index contributed by atoms with van der Waals surface area (Å²) in [5, 5.41) is 19.5. The maximum absolute atomic E-state index is 13.1. The third-order valence-corrected chi connectivity index (χ3v) is 5.37. The van der Waals surface area contributed by atoms with E-state index in [0.29, 0.717) is 22.5 Å². The Hall–Kier alpha value is -2.79. The number of anilines is 1. The molecule has 120 valence electrons. The number of nitrogens with zero attached hydrogens (tertiary/aromatic N) is 2. The van der Waals surface area contributed by atoms with Crippen LogP contribution in [-0.4, -0.2) is 16.1 Å². The van der Waals surface area contributed by atoms with Gasteiger partial charge in [-0.3, -0.25) is 9.89 Å². The number of hydrogen-bond donors (Lipinski definition) is 3. The monoisotopic (exact) mass is 385 g/mol. The van der Waals surface area contributed by atoms with Crippen molar-refractivity contribution in [1.82, 2.24) is 10.2 Å². The summed E-state index contributed by atoms with van der Waals surface area (Å²) in [6, 6.07) is 5.77. The number of nitrogens with one attached hydrogen (secondary N) is 2. The first kappa shape index (κ1) is 14.8. The number of carbonyl (C=O) groups excluding carboxylic acids is 1. The molecule has 0 fully saturated rings. The summed E-state index contributed by atoms with van der Waals surface area (Å²) >= 11 is 3.47. The molecule has 1 atom stereocenters. The summed E-state index contributed by atoms with van der Waals surface area (Å²) in [5.74, 6) is -0.240. The fraction of sp³-hybridized carbons (Fsp3) is 0.188. The minimum Gasteiger partial charge on any atom is -0.420 e.